The first-order valence-corrected chi connectivity index (χ1v) is 7.55. The Kier molecular flexibility index (Phi) is 5.28. The average molecular weight is 359 g/mol. The van der Waals surface area contributed by atoms with Crippen molar-refractivity contribution >= 4 is 39.1 Å². The van der Waals surface area contributed by atoms with Crippen LogP contribution in [-0.2, 0) is 6.54 Å². The fourth-order valence-corrected chi connectivity index (χ4v) is 3.05. The SMILES string of the molecule is C[C@@H](NCc1c(Cl)cccc1Cl)c1ccccc1Br. The van der Waals surface area contributed by atoms with Gasteiger partial charge in [-0.1, -0.05) is 63.4 Å². The van der Waals surface area contributed by atoms with Gasteiger partial charge >= 0.3 is 0 Å². The lowest BCUT2D eigenvalue weighted by Gasteiger charge is -2.17. The van der Waals surface area contributed by atoms with Crippen molar-refractivity contribution in [3.8, 4) is 0 Å². The Hall–Kier alpha value is -0.540. The number of hydrogen-bond acceptors (Lipinski definition) is 1. The van der Waals surface area contributed by atoms with Crippen LogP contribution in [0.2, 0.25) is 10.0 Å². The molecule has 1 atom stereocenters. The van der Waals surface area contributed by atoms with Crippen LogP contribution in [0.5, 0.6) is 0 Å². The van der Waals surface area contributed by atoms with E-state index in [0.29, 0.717) is 16.6 Å². The third-order valence-corrected chi connectivity index (χ3v) is 4.45. The normalized spacial score (nSPS) is 12.4. The Bertz CT molecular complexity index is 552. The summed E-state index contributed by atoms with van der Waals surface area (Å²) in [5.74, 6) is 0. The van der Waals surface area contributed by atoms with Gasteiger partial charge in [-0.25, -0.2) is 0 Å². The summed E-state index contributed by atoms with van der Waals surface area (Å²) in [6.45, 7) is 2.76. The minimum atomic E-state index is 0.211. The highest BCUT2D eigenvalue weighted by molar-refractivity contribution is 9.10. The third-order valence-electron chi connectivity index (χ3n) is 3.02. The smallest absolute Gasteiger partial charge is 0.0465 e. The zero-order valence-electron chi connectivity index (χ0n) is 10.5. The third kappa shape index (κ3) is 3.73. The molecule has 0 fully saturated rings. The first-order valence-electron chi connectivity index (χ1n) is 6.00. The van der Waals surface area contributed by atoms with Crippen molar-refractivity contribution in [1.29, 1.82) is 0 Å². The largest absolute Gasteiger partial charge is 0.306 e. The lowest BCUT2D eigenvalue weighted by atomic mass is 10.1. The van der Waals surface area contributed by atoms with Gasteiger partial charge in [0.15, 0.2) is 0 Å². The lowest BCUT2D eigenvalue weighted by molar-refractivity contribution is 0.573. The molecule has 0 aromatic heterocycles. The van der Waals surface area contributed by atoms with Crippen molar-refractivity contribution in [2.45, 2.75) is 19.5 Å². The second-order valence-corrected chi connectivity index (χ2v) is 5.99. The van der Waals surface area contributed by atoms with Gasteiger partial charge in [-0.2, -0.15) is 0 Å². The molecule has 0 aliphatic heterocycles. The van der Waals surface area contributed by atoms with Gasteiger partial charge < -0.3 is 5.32 Å². The quantitative estimate of drug-likeness (QED) is 0.749. The molecule has 1 nitrogen and oxygen atoms in total. The van der Waals surface area contributed by atoms with Crippen LogP contribution in [0, 0.1) is 0 Å². The molecule has 1 N–H and O–H groups in total. The van der Waals surface area contributed by atoms with Gasteiger partial charge in [-0.15, -0.1) is 0 Å². The Labute approximate surface area is 132 Å². The first-order chi connectivity index (χ1) is 9.09. The molecule has 2 rings (SSSR count). The standard InChI is InChI=1S/C15H14BrCl2N/c1-10(11-5-2-3-6-13(11)16)19-9-12-14(17)7-4-8-15(12)18/h2-8,10,19H,9H2,1H3/t10-/m1/s1. The number of hydrogen-bond donors (Lipinski definition) is 1. The Morgan fingerprint density at radius 3 is 2.32 bits per heavy atom. The summed E-state index contributed by atoms with van der Waals surface area (Å²) in [5, 5.41) is 4.83. The fourth-order valence-electron chi connectivity index (χ4n) is 1.89. The maximum Gasteiger partial charge on any atom is 0.0465 e. The Balaban J connectivity index is 2.09. The summed E-state index contributed by atoms with van der Waals surface area (Å²) in [4.78, 5) is 0. The van der Waals surface area contributed by atoms with E-state index in [1.54, 1.807) is 0 Å². The van der Waals surface area contributed by atoms with Gasteiger partial charge in [0.25, 0.3) is 0 Å². The zero-order valence-corrected chi connectivity index (χ0v) is 13.6. The van der Waals surface area contributed by atoms with Crippen molar-refractivity contribution < 1.29 is 0 Å². The maximum absolute atomic E-state index is 6.16. The fraction of sp³-hybridized carbons (Fsp3) is 0.200. The van der Waals surface area contributed by atoms with Gasteiger partial charge in [0, 0.05) is 32.7 Å². The summed E-state index contributed by atoms with van der Waals surface area (Å²) in [7, 11) is 0. The van der Waals surface area contributed by atoms with Crippen molar-refractivity contribution in [2.24, 2.45) is 0 Å². The van der Waals surface area contributed by atoms with Gasteiger partial charge in [0.1, 0.15) is 0 Å². The minimum absolute atomic E-state index is 0.211. The van der Waals surface area contributed by atoms with Crippen molar-refractivity contribution in [3.63, 3.8) is 0 Å². The predicted octanol–water partition coefficient (Wildman–Crippen LogP) is 5.61. The number of halogens is 3. The molecule has 0 bridgehead atoms. The summed E-state index contributed by atoms with van der Waals surface area (Å²) >= 11 is 15.9. The van der Waals surface area contributed by atoms with E-state index in [0.717, 1.165) is 10.0 Å². The number of nitrogens with one attached hydrogen (secondary N) is 1. The molecule has 0 unspecified atom stereocenters. The molecule has 0 heterocycles. The molecule has 0 aliphatic rings. The van der Waals surface area contributed by atoms with E-state index in [-0.39, 0.29) is 6.04 Å². The summed E-state index contributed by atoms with van der Waals surface area (Å²) in [6.07, 6.45) is 0. The van der Waals surface area contributed by atoms with Crippen LogP contribution in [0.3, 0.4) is 0 Å². The lowest BCUT2D eigenvalue weighted by Crippen LogP contribution is -2.18. The van der Waals surface area contributed by atoms with E-state index < -0.39 is 0 Å². The van der Waals surface area contributed by atoms with Gasteiger partial charge in [-0.05, 0) is 30.7 Å². The Morgan fingerprint density at radius 1 is 1.05 bits per heavy atom. The minimum Gasteiger partial charge on any atom is -0.306 e. The van der Waals surface area contributed by atoms with E-state index >= 15 is 0 Å². The van der Waals surface area contributed by atoms with Gasteiger partial charge in [0.05, 0.1) is 0 Å². The highest BCUT2D eigenvalue weighted by Gasteiger charge is 2.10. The molecule has 0 radical (unpaired) electrons. The molecule has 4 heteroatoms. The van der Waals surface area contributed by atoms with E-state index in [2.05, 4.69) is 34.2 Å². The van der Waals surface area contributed by atoms with Gasteiger partial charge in [-0.3, -0.25) is 0 Å². The van der Waals surface area contributed by atoms with E-state index in [9.17, 15) is 0 Å². The van der Waals surface area contributed by atoms with Crippen LogP contribution in [-0.4, -0.2) is 0 Å². The zero-order chi connectivity index (χ0) is 13.8. The second-order valence-electron chi connectivity index (χ2n) is 4.32. The molecule has 2 aromatic carbocycles. The van der Waals surface area contributed by atoms with Crippen LogP contribution in [0.1, 0.15) is 24.1 Å². The predicted molar refractivity (Wildman–Crippen MR) is 85.9 cm³/mol. The monoisotopic (exact) mass is 357 g/mol. The summed E-state index contributed by atoms with van der Waals surface area (Å²) in [6, 6.07) is 13.9. The van der Waals surface area contributed by atoms with Crippen molar-refractivity contribution in [2.75, 3.05) is 0 Å². The molecule has 19 heavy (non-hydrogen) atoms. The molecule has 2 aromatic rings. The first kappa shape index (κ1) is 14.9. The molecule has 0 spiro atoms. The summed E-state index contributed by atoms with van der Waals surface area (Å²) < 4.78 is 1.10. The summed E-state index contributed by atoms with van der Waals surface area (Å²) in [5.41, 5.74) is 2.15. The van der Waals surface area contributed by atoms with Gasteiger partial charge in [0.2, 0.25) is 0 Å². The molecule has 0 saturated carbocycles. The molecule has 0 amide bonds. The van der Waals surface area contributed by atoms with Crippen molar-refractivity contribution in [1.82, 2.24) is 5.32 Å². The molecule has 100 valence electrons. The topological polar surface area (TPSA) is 12.0 Å². The number of rotatable bonds is 4. The van der Waals surface area contributed by atoms with Crippen molar-refractivity contribution in [3.05, 3.63) is 68.1 Å². The van der Waals surface area contributed by atoms with E-state index in [4.69, 9.17) is 23.2 Å². The maximum atomic E-state index is 6.16. The van der Waals surface area contributed by atoms with Crippen LogP contribution >= 0.6 is 39.1 Å². The molecular weight excluding hydrogens is 345 g/mol. The Morgan fingerprint density at radius 2 is 1.68 bits per heavy atom. The van der Waals surface area contributed by atoms with Crippen LogP contribution in [0.15, 0.2) is 46.9 Å². The molecule has 0 aliphatic carbocycles. The highest BCUT2D eigenvalue weighted by Crippen LogP contribution is 2.26. The van der Waals surface area contributed by atoms with E-state index in [1.165, 1.54) is 5.56 Å². The van der Waals surface area contributed by atoms with E-state index in [1.807, 2.05) is 36.4 Å². The van der Waals surface area contributed by atoms with Crippen LogP contribution in [0.25, 0.3) is 0 Å². The molecular formula is C15H14BrCl2N. The second kappa shape index (κ2) is 6.76. The highest BCUT2D eigenvalue weighted by atomic mass is 79.9. The average Bonchev–Trinajstić information content (AvgIpc) is 2.38. The van der Waals surface area contributed by atoms with Crippen LogP contribution < -0.4 is 5.32 Å². The van der Waals surface area contributed by atoms with Crippen LogP contribution in [0.4, 0.5) is 0 Å². The molecule has 0 saturated heterocycles. The number of benzene rings is 2.